The molecule has 42 heavy (non-hydrogen) atoms. The van der Waals surface area contributed by atoms with Gasteiger partial charge in [-0.15, -0.1) is 0 Å². The van der Waals surface area contributed by atoms with E-state index in [4.69, 9.17) is 11.6 Å². The van der Waals surface area contributed by atoms with E-state index in [1.54, 1.807) is 75.4 Å². The molecule has 0 saturated heterocycles. The first-order valence-corrected chi connectivity index (χ1v) is 15.2. The molecule has 7 nitrogen and oxygen atoms in total. The van der Waals surface area contributed by atoms with Crippen molar-refractivity contribution < 1.29 is 31.2 Å². The van der Waals surface area contributed by atoms with Crippen LogP contribution in [0.4, 0.5) is 18.9 Å². The zero-order chi connectivity index (χ0) is 31.3. The first-order chi connectivity index (χ1) is 19.5. The summed E-state index contributed by atoms with van der Waals surface area (Å²) in [5.74, 6) is -1.25. The Morgan fingerprint density at radius 1 is 0.905 bits per heavy atom. The van der Waals surface area contributed by atoms with Crippen LogP contribution < -0.4 is 9.62 Å². The van der Waals surface area contributed by atoms with Gasteiger partial charge in [-0.1, -0.05) is 72.3 Å². The topological polar surface area (TPSA) is 86.8 Å². The van der Waals surface area contributed by atoms with Gasteiger partial charge >= 0.3 is 6.18 Å². The van der Waals surface area contributed by atoms with Gasteiger partial charge in [0, 0.05) is 18.5 Å². The third kappa shape index (κ3) is 9.22. The van der Waals surface area contributed by atoms with E-state index in [1.807, 2.05) is 6.07 Å². The highest BCUT2D eigenvalue weighted by atomic mass is 35.5. The number of carbonyl (C=O) groups excluding carboxylic acids is 2. The summed E-state index contributed by atoms with van der Waals surface area (Å²) in [5.41, 5.74) is -0.852. The molecule has 0 aliphatic rings. The van der Waals surface area contributed by atoms with E-state index in [2.05, 4.69) is 5.32 Å². The van der Waals surface area contributed by atoms with E-state index in [-0.39, 0.29) is 18.7 Å². The summed E-state index contributed by atoms with van der Waals surface area (Å²) in [6.45, 7) is 4.47. The number of rotatable bonds is 10. The molecule has 0 saturated carbocycles. The fraction of sp³-hybridized carbons (Fsp3) is 0.333. The normalized spacial score (nSPS) is 12.9. The number of alkyl halides is 3. The molecule has 0 aromatic heterocycles. The lowest BCUT2D eigenvalue weighted by atomic mass is 10.0. The molecule has 226 valence electrons. The molecular formula is C30H33ClF3N3O4S. The highest BCUT2D eigenvalue weighted by Gasteiger charge is 2.37. The van der Waals surface area contributed by atoms with E-state index in [0.29, 0.717) is 15.9 Å². The third-order valence-corrected chi connectivity index (χ3v) is 7.66. The molecule has 12 heteroatoms. The van der Waals surface area contributed by atoms with E-state index >= 15 is 0 Å². The summed E-state index contributed by atoms with van der Waals surface area (Å²) in [4.78, 5) is 29.0. The molecule has 0 fully saturated rings. The lowest BCUT2D eigenvalue weighted by Gasteiger charge is -2.35. The van der Waals surface area contributed by atoms with Crippen LogP contribution in [0.3, 0.4) is 0 Å². The fourth-order valence-corrected chi connectivity index (χ4v) is 5.35. The van der Waals surface area contributed by atoms with Gasteiger partial charge < -0.3 is 10.2 Å². The predicted molar refractivity (Wildman–Crippen MR) is 157 cm³/mol. The highest BCUT2D eigenvalue weighted by molar-refractivity contribution is 7.92. The Bertz CT molecular complexity index is 1500. The minimum absolute atomic E-state index is 0.0548. The summed E-state index contributed by atoms with van der Waals surface area (Å²) in [6, 6.07) is 19.4. The summed E-state index contributed by atoms with van der Waals surface area (Å²) in [7, 11) is -4.25. The van der Waals surface area contributed by atoms with E-state index in [9.17, 15) is 31.2 Å². The highest BCUT2D eigenvalue weighted by Crippen LogP contribution is 2.37. The van der Waals surface area contributed by atoms with Gasteiger partial charge in [-0.05, 0) is 50.1 Å². The number of halogens is 4. The molecule has 3 aromatic rings. The molecule has 3 aromatic carbocycles. The van der Waals surface area contributed by atoms with Gasteiger partial charge in [-0.25, -0.2) is 8.42 Å². The van der Waals surface area contributed by atoms with E-state index in [1.165, 1.54) is 4.90 Å². The molecule has 0 aliphatic heterocycles. The van der Waals surface area contributed by atoms with Gasteiger partial charge in [0.05, 0.1) is 22.5 Å². The Labute approximate surface area is 249 Å². The van der Waals surface area contributed by atoms with Crippen LogP contribution in [-0.4, -0.2) is 49.5 Å². The van der Waals surface area contributed by atoms with Crippen molar-refractivity contribution in [1.82, 2.24) is 10.2 Å². The third-order valence-electron chi connectivity index (χ3n) is 6.19. The van der Waals surface area contributed by atoms with Crippen LogP contribution in [0.15, 0.2) is 78.9 Å². The molecular weight excluding hydrogens is 591 g/mol. The number of nitrogens with zero attached hydrogens (tertiary/aromatic N) is 2. The second-order valence-electron chi connectivity index (χ2n) is 10.9. The minimum atomic E-state index is -4.86. The monoisotopic (exact) mass is 623 g/mol. The number of benzene rings is 3. The Balaban J connectivity index is 2.10. The van der Waals surface area contributed by atoms with Crippen molar-refractivity contribution in [3.8, 4) is 0 Å². The number of amides is 2. The van der Waals surface area contributed by atoms with Gasteiger partial charge in [0.2, 0.25) is 21.8 Å². The number of carbonyl (C=O) groups is 2. The number of sulfonamides is 1. The summed E-state index contributed by atoms with van der Waals surface area (Å²) in [5, 5.41) is 2.29. The van der Waals surface area contributed by atoms with E-state index in [0.717, 1.165) is 24.0 Å². The van der Waals surface area contributed by atoms with Gasteiger partial charge in [-0.2, -0.15) is 13.2 Å². The summed E-state index contributed by atoms with van der Waals surface area (Å²) >= 11 is 5.74. The first kappa shape index (κ1) is 32.9. The Hall–Kier alpha value is -3.57. The minimum Gasteiger partial charge on any atom is -0.350 e. The van der Waals surface area contributed by atoms with Crippen molar-refractivity contribution in [2.45, 2.75) is 51.5 Å². The van der Waals surface area contributed by atoms with Crippen LogP contribution in [-0.2, 0) is 38.8 Å². The molecule has 1 N–H and O–H groups in total. The van der Waals surface area contributed by atoms with Gasteiger partial charge in [0.1, 0.15) is 12.6 Å². The maximum absolute atomic E-state index is 14.0. The van der Waals surface area contributed by atoms with Crippen molar-refractivity contribution in [3.05, 3.63) is 101 Å². The molecule has 1 atom stereocenters. The van der Waals surface area contributed by atoms with Crippen LogP contribution >= 0.6 is 11.6 Å². The quantitative estimate of drug-likeness (QED) is 0.315. The predicted octanol–water partition coefficient (Wildman–Crippen LogP) is 5.68. The average Bonchev–Trinajstić information content (AvgIpc) is 2.88. The molecule has 2 amide bonds. The SMILES string of the molecule is CC(C)(C)NC(=O)C(Cc1ccccc1)N(Cc1ccccc1)C(=O)CN(c1ccc(Cl)c(C(F)(F)F)c1)S(C)(=O)=O. The summed E-state index contributed by atoms with van der Waals surface area (Å²) < 4.78 is 67.0. The Morgan fingerprint density at radius 2 is 1.45 bits per heavy atom. The second-order valence-corrected chi connectivity index (χ2v) is 13.2. The van der Waals surface area contributed by atoms with Crippen LogP contribution in [0.25, 0.3) is 0 Å². The van der Waals surface area contributed by atoms with Gasteiger partial charge in [0.15, 0.2) is 0 Å². The standard InChI is InChI=1S/C30H33ClF3N3O4S/c1-29(2,3)35-28(39)26(17-21-11-7-5-8-12-21)36(19-22-13-9-6-10-14-22)27(38)20-37(42(4,40)41)23-15-16-25(31)24(18-23)30(32,33)34/h5-16,18,26H,17,19-20H2,1-4H3,(H,35,39). The number of nitrogens with one attached hydrogen (secondary N) is 1. The molecule has 0 radical (unpaired) electrons. The summed E-state index contributed by atoms with van der Waals surface area (Å²) in [6.07, 6.45) is -3.96. The smallest absolute Gasteiger partial charge is 0.350 e. The number of hydrogen-bond donors (Lipinski definition) is 1. The molecule has 1 unspecified atom stereocenters. The Morgan fingerprint density at radius 3 is 1.95 bits per heavy atom. The van der Waals surface area contributed by atoms with Gasteiger partial charge in [0.25, 0.3) is 0 Å². The maximum Gasteiger partial charge on any atom is 0.417 e. The second kappa shape index (κ2) is 13.2. The molecule has 0 spiro atoms. The lowest BCUT2D eigenvalue weighted by molar-refractivity contribution is -0.140. The number of hydrogen-bond acceptors (Lipinski definition) is 4. The largest absolute Gasteiger partial charge is 0.417 e. The van der Waals surface area contributed by atoms with Crippen LogP contribution in [0.1, 0.15) is 37.5 Å². The van der Waals surface area contributed by atoms with Crippen LogP contribution in [0.2, 0.25) is 5.02 Å². The molecule has 3 rings (SSSR count). The maximum atomic E-state index is 14.0. The van der Waals surface area contributed by atoms with Crippen molar-refractivity contribution in [2.24, 2.45) is 0 Å². The van der Waals surface area contributed by atoms with Crippen molar-refractivity contribution in [3.63, 3.8) is 0 Å². The van der Waals surface area contributed by atoms with Crippen molar-refractivity contribution >= 4 is 39.1 Å². The Kier molecular flexibility index (Phi) is 10.3. The zero-order valence-electron chi connectivity index (χ0n) is 23.7. The van der Waals surface area contributed by atoms with Gasteiger partial charge in [-0.3, -0.25) is 13.9 Å². The average molecular weight is 624 g/mol. The number of anilines is 1. The lowest BCUT2D eigenvalue weighted by Crippen LogP contribution is -2.56. The molecule has 0 heterocycles. The van der Waals surface area contributed by atoms with Crippen molar-refractivity contribution in [2.75, 3.05) is 17.1 Å². The first-order valence-electron chi connectivity index (χ1n) is 13.0. The molecule has 0 bridgehead atoms. The fourth-order valence-electron chi connectivity index (χ4n) is 4.29. The van der Waals surface area contributed by atoms with Crippen molar-refractivity contribution in [1.29, 1.82) is 0 Å². The molecule has 0 aliphatic carbocycles. The van der Waals surface area contributed by atoms with Crippen LogP contribution in [0.5, 0.6) is 0 Å². The zero-order valence-corrected chi connectivity index (χ0v) is 25.2. The van der Waals surface area contributed by atoms with E-state index < -0.39 is 56.7 Å². The van der Waals surface area contributed by atoms with Crippen LogP contribution in [0, 0.1) is 0 Å².